The molecule has 1 aromatic carbocycles. The molecular weight excluding hydrogens is 312 g/mol. The Morgan fingerprint density at radius 1 is 1.26 bits per heavy atom. The molecule has 0 saturated heterocycles. The molecule has 0 aliphatic heterocycles. The monoisotopic (exact) mass is 334 g/mol. The molecule has 1 heterocycles. The minimum atomic E-state index is -0.348. The van der Waals surface area contributed by atoms with Crippen molar-refractivity contribution in [1.29, 1.82) is 0 Å². The molecule has 1 atom stereocenters. The number of carbonyl (C=O) groups excluding carboxylic acids is 1. The Morgan fingerprint density at radius 2 is 2.00 bits per heavy atom. The highest BCUT2D eigenvalue weighted by Gasteiger charge is 2.15. The number of hydrogen-bond acceptors (Lipinski definition) is 5. The Hall–Kier alpha value is -1.99. The van der Waals surface area contributed by atoms with Gasteiger partial charge in [-0.05, 0) is 17.9 Å². The smallest absolute Gasteiger partial charge is 0.321 e. The summed E-state index contributed by atoms with van der Waals surface area (Å²) in [5, 5.41) is 24.2. The van der Waals surface area contributed by atoms with E-state index in [0.29, 0.717) is 17.5 Å². The highest BCUT2D eigenvalue weighted by molar-refractivity contribution is 7.15. The summed E-state index contributed by atoms with van der Waals surface area (Å²) in [5.41, 5.74) is 0.953. The topological polar surface area (TPSA) is 87.1 Å². The molecule has 0 spiro atoms. The van der Waals surface area contributed by atoms with Crippen molar-refractivity contribution in [2.45, 2.75) is 32.7 Å². The molecule has 3 N–H and O–H groups in total. The molecule has 0 unspecified atom stereocenters. The van der Waals surface area contributed by atoms with Gasteiger partial charge in [-0.3, -0.25) is 5.32 Å². The molecule has 124 valence electrons. The van der Waals surface area contributed by atoms with Crippen LogP contribution in [0, 0.1) is 5.92 Å². The first kappa shape index (κ1) is 17.4. The van der Waals surface area contributed by atoms with Gasteiger partial charge >= 0.3 is 6.03 Å². The van der Waals surface area contributed by atoms with E-state index in [9.17, 15) is 9.90 Å². The van der Waals surface area contributed by atoms with Gasteiger partial charge in [0.05, 0.1) is 6.04 Å². The van der Waals surface area contributed by atoms with E-state index in [0.717, 1.165) is 17.0 Å². The van der Waals surface area contributed by atoms with Gasteiger partial charge in [0.15, 0.2) is 0 Å². The molecular formula is C16H22N4O2S. The van der Waals surface area contributed by atoms with Gasteiger partial charge in [0.25, 0.3) is 0 Å². The van der Waals surface area contributed by atoms with Gasteiger partial charge < -0.3 is 10.4 Å². The van der Waals surface area contributed by atoms with Gasteiger partial charge in [0.2, 0.25) is 5.13 Å². The number of rotatable bonds is 7. The van der Waals surface area contributed by atoms with Crippen LogP contribution in [0.4, 0.5) is 9.93 Å². The quantitative estimate of drug-likeness (QED) is 0.726. The van der Waals surface area contributed by atoms with Gasteiger partial charge in [-0.1, -0.05) is 55.5 Å². The predicted octanol–water partition coefficient (Wildman–Crippen LogP) is 2.98. The normalized spacial score (nSPS) is 12.2. The van der Waals surface area contributed by atoms with Gasteiger partial charge in [0, 0.05) is 13.0 Å². The molecule has 1 aromatic heterocycles. The molecule has 7 heteroatoms. The first-order valence-corrected chi connectivity index (χ1v) is 8.46. The minimum absolute atomic E-state index is 0.00279. The van der Waals surface area contributed by atoms with Crippen LogP contribution in [-0.4, -0.2) is 27.9 Å². The van der Waals surface area contributed by atoms with E-state index < -0.39 is 0 Å². The molecule has 2 aromatic rings. The molecule has 2 rings (SSSR count). The summed E-state index contributed by atoms with van der Waals surface area (Å²) in [4.78, 5) is 12.1. The van der Waals surface area contributed by atoms with Crippen molar-refractivity contribution < 1.29 is 9.90 Å². The summed E-state index contributed by atoms with van der Waals surface area (Å²) in [5.74, 6) is 0.497. The Bertz CT molecular complexity index is 616. The van der Waals surface area contributed by atoms with E-state index >= 15 is 0 Å². The van der Waals surface area contributed by atoms with E-state index in [1.165, 1.54) is 11.3 Å². The van der Waals surface area contributed by atoms with Crippen LogP contribution in [0.3, 0.4) is 0 Å². The molecule has 0 bridgehead atoms. The van der Waals surface area contributed by atoms with Crippen LogP contribution in [0.25, 0.3) is 0 Å². The first-order valence-electron chi connectivity index (χ1n) is 7.64. The lowest BCUT2D eigenvalue weighted by Crippen LogP contribution is -2.33. The second-order valence-electron chi connectivity index (χ2n) is 5.67. The maximum atomic E-state index is 12.1. The number of carbonyl (C=O) groups is 1. The molecule has 0 radical (unpaired) electrons. The van der Waals surface area contributed by atoms with E-state index in [4.69, 9.17) is 0 Å². The van der Waals surface area contributed by atoms with Crippen LogP contribution in [0.5, 0.6) is 0 Å². The van der Waals surface area contributed by atoms with E-state index in [2.05, 4.69) is 34.7 Å². The molecule has 0 saturated carbocycles. The van der Waals surface area contributed by atoms with E-state index in [1.54, 1.807) is 0 Å². The maximum Gasteiger partial charge on any atom is 0.321 e. The molecule has 0 aliphatic carbocycles. The Kier molecular flexibility index (Phi) is 6.49. The molecule has 2 amide bonds. The number of amides is 2. The molecule has 0 aliphatic rings. The van der Waals surface area contributed by atoms with Gasteiger partial charge in [-0.25, -0.2) is 4.79 Å². The average Bonchev–Trinajstić information content (AvgIpc) is 2.93. The highest BCUT2D eigenvalue weighted by atomic mass is 32.1. The number of anilines is 1. The number of benzene rings is 1. The maximum absolute atomic E-state index is 12.1. The highest BCUT2D eigenvalue weighted by Crippen LogP contribution is 2.19. The first-order chi connectivity index (χ1) is 11.1. The fraction of sp³-hybridized carbons (Fsp3) is 0.438. The van der Waals surface area contributed by atoms with Crippen molar-refractivity contribution in [3.05, 3.63) is 40.9 Å². The molecule has 6 nitrogen and oxygen atoms in total. The fourth-order valence-electron chi connectivity index (χ4n) is 2.16. The molecule has 0 fully saturated rings. The summed E-state index contributed by atoms with van der Waals surface area (Å²) in [6.45, 7) is 4.22. The van der Waals surface area contributed by atoms with Crippen molar-refractivity contribution in [1.82, 2.24) is 15.5 Å². The van der Waals surface area contributed by atoms with Crippen LogP contribution in [0.15, 0.2) is 30.3 Å². The van der Waals surface area contributed by atoms with Crippen LogP contribution < -0.4 is 10.6 Å². The summed E-state index contributed by atoms with van der Waals surface area (Å²) in [6.07, 6.45) is 1.30. The summed E-state index contributed by atoms with van der Waals surface area (Å²) in [7, 11) is 0. The number of nitrogens with zero attached hydrogens (tertiary/aromatic N) is 2. The third kappa shape index (κ3) is 5.61. The number of aliphatic hydroxyl groups is 1. The minimum Gasteiger partial charge on any atom is -0.396 e. The van der Waals surface area contributed by atoms with Crippen molar-refractivity contribution in [2.24, 2.45) is 5.92 Å². The summed E-state index contributed by atoms with van der Waals surface area (Å²) >= 11 is 1.38. The van der Waals surface area contributed by atoms with Crippen molar-refractivity contribution in [2.75, 3.05) is 11.9 Å². The predicted molar refractivity (Wildman–Crippen MR) is 91.5 cm³/mol. The van der Waals surface area contributed by atoms with Crippen LogP contribution in [-0.2, 0) is 6.42 Å². The van der Waals surface area contributed by atoms with Gasteiger partial charge in [-0.2, -0.15) is 0 Å². The van der Waals surface area contributed by atoms with Crippen molar-refractivity contribution >= 4 is 22.5 Å². The van der Waals surface area contributed by atoms with E-state index in [1.807, 2.05) is 30.3 Å². The lowest BCUT2D eigenvalue weighted by Gasteiger charge is -2.18. The third-order valence-electron chi connectivity index (χ3n) is 3.20. The number of urea groups is 1. The van der Waals surface area contributed by atoms with Crippen molar-refractivity contribution in [3.63, 3.8) is 0 Å². The zero-order chi connectivity index (χ0) is 16.7. The fourth-order valence-corrected chi connectivity index (χ4v) is 3.11. The Balaban J connectivity index is 1.95. The standard InChI is InChI=1S/C16H22N4O2S/c1-11(2)10-14-19-20-16(23-14)18-15(22)17-13(8-9-21)12-6-4-3-5-7-12/h3-7,11,13,21H,8-10H2,1-2H3,(H2,17,18,20,22)/t13-/m1/s1. The zero-order valence-corrected chi connectivity index (χ0v) is 14.1. The van der Waals surface area contributed by atoms with Crippen LogP contribution in [0.2, 0.25) is 0 Å². The lowest BCUT2D eigenvalue weighted by atomic mass is 10.0. The van der Waals surface area contributed by atoms with Crippen LogP contribution >= 0.6 is 11.3 Å². The number of aromatic nitrogens is 2. The average molecular weight is 334 g/mol. The van der Waals surface area contributed by atoms with Gasteiger partial charge in [0.1, 0.15) is 5.01 Å². The Morgan fingerprint density at radius 3 is 2.65 bits per heavy atom. The third-order valence-corrected chi connectivity index (χ3v) is 4.06. The number of aliphatic hydroxyl groups excluding tert-OH is 1. The SMILES string of the molecule is CC(C)Cc1nnc(NC(=O)N[C@H](CCO)c2ccccc2)s1. The lowest BCUT2D eigenvalue weighted by molar-refractivity contribution is 0.239. The van der Waals surface area contributed by atoms with E-state index in [-0.39, 0.29) is 18.7 Å². The largest absolute Gasteiger partial charge is 0.396 e. The second-order valence-corrected chi connectivity index (χ2v) is 6.74. The van der Waals surface area contributed by atoms with Gasteiger partial charge in [-0.15, -0.1) is 10.2 Å². The van der Waals surface area contributed by atoms with Crippen LogP contribution in [0.1, 0.15) is 36.9 Å². The van der Waals surface area contributed by atoms with Crippen molar-refractivity contribution in [3.8, 4) is 0 Å². The second kappa shape index (κ2) is 8.59. The Labute approximate surface area is 140 Å². The summed E-state index contributed by atoms with van der Waals surface area (Å²) < 4.78 is 0. The molecule has 23 heavy (non-hydrogen) atoms. The zero-order valence-electron chi connectivity index (χ0n) is 13.3. The number of hydrogen-bond donors (Lipinski definition) is 3. The number of nitrogens with one attached hydrogen (secondary N) is 2. The summed E-state index contributed by atoms with van der Waals surface area (Å²) in [6, 6.07) is 8.98.